The van der Waals surface area contributed by atoms with E-state index in [1.807, 2.05) is 0 Å². The summed E-state index contributed by atoms with van der Waals surface area (Å²) >= 11 is 0. The maximum absolute atomic E-state index is 12.2. The van der Waals surface area contributed by atoms with Gasteiger partial charge in [-0.05, 0) is 32.0 Å². The smallest absolute Gasteiger partial charge is 0.264 e. The van der Waals surface area contributed by atoms with Crippen molar-refractivity contribution < 1.29 is 17.7 Å². The van der Waals surface area contributed by atoms with Gasteiger partial charge in [-0.3, -0.25) is 0 Å². The van der Waals surface area contributed by atoms with Crippen LogP contribution in [-0.4, -0.2) is 20.7 Å². The summed E-state index contributed by atoms with van der Waals surface area (Å²) in [6.45, 7) is 3.44. The second-order valence-electron chi connectivity index (χ2n) is 4.23. The summed E-state index contributed by atoms with van der Waals surface area (Å²) in [5.41, 5.74) is 7.20. The van der Waals surface area contributed by atoms with E-state index in [0.717, 1.165) is 0 Å². The number of hydrogen-bond donors (Lipinski definition) is 2. The van der Waals surface area contributed by atoms with Crippen LogP contribution < -0.4 is 15.2 Å². The molecule has 0 radical (unpaired) electrons. The Morgan fingerprint density at radius 3 is 2.55 bits per heavy atom. The average Bonchev–Trinajstić information content (AvgIpc) is 2.70. The lowest BCUT2D eigenvalue weighted by atomic mass is 10.3. The Hall–Kier alpha value is -2.22. The molecule has 0 aliphatic heterocycles. The number of benzene rings is 1. The van der Waals surface area contributed by atoms with Gasteiger partial charge in [0.2, 0.25) is 5.88 Å². The third kappa shape index (κ3) is 2.55. The Labute approximate surface area is 116 Å². The molecule has 0 aliphatic rings. The van der Waals surface area contributed by atoms with Crippen molar-refractivity contribution in [3.63, 3.8) is 0 Å². The largest absolute Gasteiger partial charge is 0.495 e. The summed E-state index contributed by atoms with van der Waals surface area (Å²) in [5, 5.41) is 3.69. The summed E-state index contributed by atoms with van der Waals surface area (Å²) in [6.07, 6.45) is 0. The summed E-state index contributed by atoms with van der Waals surface area (Å²) in [6, 6.07) is 4.21. The van der Waals surface area contributed by atoms with Gasteiger partial charge in [-0.2, -0.15) is 0 Å². The number of rotatable bonds is 4. The van der Waals surface area contributed by atoms with Gasteiger partial charge in [0.05, 0.1) is 23.4 Å². The molecule has 0 atom stereocenters. The lowest BCUT2D eigenvalue weighted by molar-refractivity contribution is 0.416. The van der Waals surface area contributed by atoms with Gasteiger partial charge in [-0.15, -0.1) is 0 Å². The minimum atomic E-state index is -3.79. The van der Waals surface area contributed by atoms with Crippen molar-refractivity contribution in [2.45, 2.75) is 18.7 Å². The molecule has 1 aromatic carbocycles. The fourth-order valence-electron chi connectivity index (χ4n) is 1.57. The number of aromatic nitrogens is 1. The van der Waals surface area contributed by atoms with E-state index in [9.17, 15) is 8.42 Å². The number of nitrogens with two attached hydrogens (primary N) is 1. The molecule has 108 valence electrons. The molecule has 0 amide bonds. The van der Waals surface area contributed by atoms with Gasteiger partial charge < -0.3 is 15.0 Å². The molecular weight excluding hydrogens is 282 g/mol. The summed E-state index contributed by atoms with van der Waals surface area (Å²) < 4.78 is 36.7. The predicted octanol–water partition coefficient (Wildman–Crippen LogP) is 1.68. The van der Waals surface area contributed by atoms with Gasteiger partial charge in [0.15, 0.2) is 0 Å². The van der Waals surface area contributed by atoms with E-state index in [2.05, 4.69) is 9.88 Å². The van der Waals surface area contributed by atoms with Crippen LogP contribution in [0, 0.1) is 13.8 Å². The van der Waals surface area contributed by atoms with Crippen LogP contribution in [0.5, 0.6) is 5.75 Å². The number of anilines is 2. The highest BCUT2D eigenvalue weighted by atomic mass is 32.2. The number of aryl methyl sites for hydroxylation is 1. The molecule has 0 fully saturated rings. The van der Waals surface area contributed by atoms with Crippen LogP contribution >= 0.6 is 0 Å². The van der Waals surface area contributed by atoms with Crippen molar-refractivity contribution in [2.24, 2.45) is 0 Å². The average molecular weight is 297 g/mol. The van der Waals surface area contributed by atoms with Crippen molar-refractivity contribution in [2.75, 3.05) is 17.6 Å². The zero-order valence-electron chi connectivity index (χ0n) is 11.3. The number of sulfonamides is 1. The van der Waals surface area contributed by atoms with E-state index >= 15 is 0 Å². The zero-order valence-corrected chi connectivity index (χ0v) is 12.1. The lowest BCUT2D eigenvalue weighted by Crippen LogP contribution is -2.13. The normalized spacial score (nSPS) is 11.3. The Morgan fingerprint density at radius 1 is 1.35 bits per heavy atom. The minimum Gasteiger partial charge on any atom is -0.495 e. The summed E-state index contributed by atoms with van der Waals surface area (Å²) in [4.78, 5) is 0.0178. The van der Waals surface area contributed by atoms with Crippen molar-refractivity contribution in [3.8, 4) is 5.75 Å². The molecule has 20 heavy (non-hydrogen) atoms. The van der Waals surface area contributed by atoms with Crippen molar-refractivity contribution in [1.82, 2.24) is 5.16 Å². The molecule has 2 aromatic rings. The Morgan fingerprint density at radius 2 is 2.05 bits per heavy atom. The van der Waals surface area contributed by atoms with Crippen LogP contribution in [0.1, 0.15) is 11.3 Å². The third-order valence-corrected chi connectivity index (χ3v) is 4.22. The van der Waals surface area contributed by atoms with Crippen LogP contribution in [0.3, 0.4) is 0 Å². The van der Waals surface area contributed by atoms with Gasteiger partial charge in [0.1, 0.15) is 5.75 Å². The fraction of sp³-hybridized carbons (Fsp3) is 0.250. The molecule has 0 saturated carbocycles. The lowest BCUT2D eigenvalue weighted by Gasteiger charge is -2.08. The fourth-order valence-corrected chi connectivity index (χ4v) is 2.65. The minimum absolute atomic E-state index is 0.0178. The molecule has 1 aromatic heterocycles. The standard InChI is InChI=1S/C12H15N3O4S/c1-7-8(2)14-19-12(7)15-20(16,17)9-4-5-11(18-3)10(13)6-9/h4-6,15H,13H2,1-3H3. The molecule has 0 saturated heterocycles. The molecule has 7 nitrogen and oxygen atoms in total. The molecular formula is C12H15N3O4S. The quantitative estimate of drug-likeness (QED) is 0.831. The van der Waals surface area contributed by atoms with Crippen LogP contribution in [0.4, 0.5) is 11.6 Å². The second-order valence-corrected chi connectivity index (χ2v) is 5.91. The number of methoxy groups -OCH3 is 1. The monoisotopic (exact) mass is 297 g/mol. The highest BCUT2D eigenvalue weighted by molar-refractivity contribution is 7.92. The molecule has 2 rings (SSSR count). The molecule has 3 N–H and O–H groups in total. The highest BCUT2D eigenvalue weighted by Gasteiger charge is 2.20. The zero-order chi connectivity index (χ0) is 14.9. The molecule has 0 aliphatic carbocycles. The van der Waals surface area contributed by atoms with E-state index in [4.69, 9.17) is 15.0 Å². The van der Waals surface area contributed by atoms with Crippen molar-refractivity contribution in [1.29, 1.82) is 0 Å². The van der Waals surface area contributed by atoms with Gasteiger partial charge in [-0.1, -0.05) is 5.16 Å². The molecule has 0 unspecified atom stereocenters. The Kier molecular flexibility index (Phi) is 3.58. The highest BCUT2D eigenvalue weighted by Crippen LogP contribution is 2.26. The van der Waals surface area contributed by atoms with Crippen LogP contribution in [0.15, 0.2) is 27.6 Å². The Bertz CT molecular complexity index is 737. The second kappa shape index (κ2) is 5.04. The number of hydrogen-bond acceptors (Lipinski definition) is 6. The topological polar surface area (TPSA) is 107 Å². The first-order valence-electron chi connectivity index (χ1n) is 5.74. The number of ether oxygens (including phenoxy) is 1. The predicted molar refractivity (Wildman–Crippen MR) is 74.2 cm³/mol. The van der Waals surface area contributed by atoms with Crippen LogP contribution in [0.25, 0.3) is 0 Å². The maximum atomic E-state index is 12.2. The Balaban J connectivity index is 2.36. The van der Waals surface area contributed by atoms with E-state index in [-0.39, 0.29) is 16.5 Å². The summed E-state index contributed by atoms with van der Waals surface area (Å²) in [7, 11) is -2.33. The van der Waals surface area contributed by atoms with Gasteiger partial charge in [0, 0.05) is 5.56 Å². The number of nitrogens with zero attached hydrogens (tertiary/aromatic N) is 1. The first-order valence-corrected chi connectivity index (χ1v) is 7.22. The molecule has 1 heterocycles. The van der Waals surface area contributed by atoms with Crippen LogP contribution in [0.2, 0.25) is 0 Å². The molecule has 8 heteroatoms. The van der Waals surface area contributed by atoms with Crippen LogP contribution in [-0.2, 0) is 10.0 Å². The first kappa shape index (κ1) is 14.2. The summed E-state index contributed by atoms with van der Waals surface area (Å²) in [5.74, 6) is 0.507. The van der Waals surface area contributed by atoms with Gasteiger partial charge in [-0.25, -0.2) is 13.1 Å². The van der Waals surface area contributed by atoms with E-state index in [0.29, 0.717) is 17.0 Å². The van der Waals surface area contributed by atoms with Crippen molar-refractivity contribution >= 4 is 21.6 Å². The van der Waals surface area contributed by atoms with E-state index < -0.39 is 10.0 Å². The number of nitrogens with one attached hydrogen (secondary N) is 1. The van der Waals surface area contributed by atoms with E-state index in [1.54, 1.807) is 13.8 Å². The number of nitrogen functional groups attached to an aromatic ring is 1. The third-order valence-electron chi connectivity index (χ3n) is 2.90. The first-order chi connectivity index (χ1) is 9.35. The van der Waals surface area contributed by atoms with E-state index in [1.165, 1.54) is 25.3 Å². The van der Waals surface area contributed by atoms with Gasteiger partial charge in [0.25, 0.3) is 10.0 Å². The van der Waals surface area contributed by atoms with Gasteiger partial charge >= 0.3 is 0 Å². The molecule has 0 bridgehead atoms. The maximum Gasteiger partial charge on any atom is 0.264 e. The van der Waals surface area contributed by atoms with Crippen molar-refractivity contribution in [3.05, 3.63) is 29.5 Å². The SMILES string of the molecule is COc1ccc(S(=O)(=O)Nc2onc(C)c2C)cc1N. The molecule has 0 spiro atoms.